The Hall–Kier alpha value is -1.85. The number of tetrazole rings is 1. The van der Waals surface area contributed by atoms with Crippen LogP contribution in [0.25, 0.3) is 0 Å². The van der Waals surface area contributed by atoms with Gasteiger partial charge in [0.1, 0.15) is 0 Å². The monoisotopic (exact) mass is 408 g/mol. The highest BCUT2D eigenvalue weighted by atomic mass is 35.5. The van der Waals surface area contributed by atoms with Crippen molar-refractivity contribution in [3.63, 3.8) is 0 Å². The molecule has 0 aliphatic carbocycles. The van der Waals surface area contributed by atoms with Crippen molar-refractivity contribution in [3.05, 3.63) is 28.8 Å². The van der Waals surface area contributed by atoms with E-state index in [1.165, 1.54) is 10.7 Å². The molecule has 142 valence electrons. The van der Waals surface area contributed by atoms with E-state index in [9.17, 15) is 18.0 Å². The third kappa shape index (κ3) is 5.85. The van der Waals surface area contributed by atoms with Gasteiger partial charge < -0.3 is 10.2 Å². The van der Waals surface area contributed by atoms with Gasteiger partial charge in [0, 0.05) is 11.6 Å². The molecule has 0 aliphatic heterocycles. The van der Waals surface area contributed by atoms with Gasteiger partial charge in [0.15, 0.2) is 0 Å². The minimum atomic E-state index is -4.63. The van der Waals surface area contributed by atoms with Crippen LogP contribution in [0.2, 0.25) is 5.02 Å². The molecule has 7 nitrogen and oxygen atoms in total. The first-order valence-corrected chi connectivity index (χ1v) is 8.73. The van der Waals surface area contributed by atoms with Crippen molar-refractivity contribution in [3.8, 4) is 0 Å². The van der Waals surface area contributed by atoms with Crippen molar-refractivity contribution in [2.45, 2.75) is 17.9 Å². The fourth-order valence-electron chi connectivity index (χ4n) is 1.91. The summed E-state index contributed by atoms with van der Waals surface area (Å²) in [6.07, 6.45) is -4.63. The second-order valence-electron chi connectivity index (χ2n) is 5.51. The number of alkyl halides is 3. The van der Waals surface area contributed by atoms with Gasteiger partial charge in [-0.25, -0.2) is 4.68 Å². The summed E-state index contributed by atoms with van der Waals surface area (Å²) in [4.78, 5) is 14.0. The molecule has 0 saturated heterocycles. The molecule has 0 unspecified atom stereocenters. The molecule has 1 aromatic heterocycles. The van der Waals surface area contributed by atoms with Crippen molar-refractivity contribution in [2.24, 2.45) is 0 Å². The van der Waals surface area contributed by atoms with Gasteiger partial charge >= 0.3 is 6.18 Å². The van der Waals surface area contributed by atoms with Gasteiger partial charge in [-0.1, -0.05) is 23.4 Å². The summed E-state index contributed by atoms with van der Waals surface area (Å²) in [5.74, 6) is -0.743. The van der Waals surface area contributed by atoms with Crippen LogP contribution in [0.4, 0.5) is 18.9 Å². The zero-order valence-electron chi connectivity index (χ0n) is 13.9. The van der Waals surface area contributed by atoms with Gasteiger partial charge in [0.05, 0.1) is 23.5 Å². The largest absolute Gasteiger partial charge is 0.418 e. The van der Waals surface area contributed by atoms with Gasteiger partial charge in [-0.3, -0.25) is 4.79 Å². The second kappa shape index (κ2) is 8.69. The number of likely N-dealkylation sites (N-methyl/N-ethyl adjacent to an activating group) is 1. The van der Waals surface area contributed by atoms with Crippen LogP contribution >= 0.6 is 23.4 Å². The number of amides is 1. The van der Waals surface area contributed by atoms with Crippen LogP contribution in [0.5, 0.6) is 0 Å². The Morgan fingerprint density at radius 2 is 2.12 bits per heavy atom. The average molecular weight is 409 g/mol. The lowest BCUT2D eigenvalue weighted by Gasteiger charge is -2.14. The Kier molecular flexibility index (Phi) is 6.84. The minimum absolute atomic E-state index is 0.0650. The molecule has 12 heteroatoms. The van der Waals surface area contributed by atoms with Crippen LogP contribution in [0.3, 0.4) is 0 Å². The molecule has 0 radical (unpaired) electrons. The van der Waals surface area contributed by atoms with E-state index in [0.29, 0.717) is 18.2 Å². The molecule has 1 amide bonds. The van der Waals surface area contributed by atoms with Crippen molar-refractivity contribution < 1.29 is 18.0 Å². The van der Waals surface area contributed by atoms with Crippen molar-refractivity contribution in [1.82, 2.24) is 25.1 Å². The minimum Gasteiger partial charge on any atom is -0.325 e. The summed E-state index contributed by atoms with van der Waals surface area (Å²) >= 11 is 6.65. The highest BCUT2D eigenvalue weighted by molar-refractivity contribution is 7.99. The number of hydrogen-bond donors (Lipinski definition) is 1. The van der Waals surface area contributed by atoms with Gasteiger partial charge in [0.25, 0.3) is 0 Å². The highest BCUT2D eigenvalue weighted by Crippen LogP contribution is 2.36. The Balaban J connectivity index is 1.99. The van der Waals surface area contributed by atoms with Gasteiger partial charge in [-0.15, -0.1) is 5.10 Å². The molecule has 0 saturated carbocycles. The number of halogens is 4. The van der Waals surface area contributed by atoms with Crippen LogP contribution in [0.1, 0.15) is 5.56 Å². The Morgan fingerprint density at radius 1 is 1.38 bits per heavy atom. The van der Waals surface area contributed by atoms with Crippen LogP contribution in [-0.4, -0.2) is 57.4 Å². The molecule has 0 atom stereocenters. The molecule has 1 heterocycles. The lowest BCUT2D eigenvalue weighted by Crippen LogP contribution is -2.20. The fourth-order valence-corrected chi connectivity index (χ4v) is 2.79. The standard InChI is InChI=1S/C14H16ClF3N6OS/c1-23(2)5-6-24-13(20-21-22-24)26-8-12(25)19-11-4-3-9(15)7-10(11)14(16,17)18/h3-4,7H,5-6,8H2,1-2H3,(H,19,25). The predicted molar refractivity (Wildman–Crippen MR) is 92.2 cm³/mol. The molecule has 0 spiro atoms. The third-order valence-electron chi connectivity index (χ3n) is 3.15. The molecule has 0 bridgehead atoms. The topological polar surface area (TPSA) is 75.9 Å². The first-order valence-electron chi connectivity index (χ1n) is 7.37. The summed E-state index contributed by atoms with van der Waals surface area (Å²) in [5.41, 5.74) is -1.35. The molecular weight excluding hydrogens is 393 g/mol. The molecule has 0 aliphatic rings. The highest BCUT2D eigenvalue weighted by Gasteiger charge is 2.34. The maximum Gasteiger partial charge on any atom is 0.418 e. The number of carbonyl (C=O) groups excluding carboxylic acids is 1. The maximum atomic E-state index is 13.0. The SMILES string of the molecule is CN(C)CCn1nnnc1SCC(=O)Nc1ccc(Cl)cc1C(F)(F)F. The number of hydrogen-bond acceptors (Lipinski definition) is 6. The number of nitrogens with zero attached hydrogens (tertiary/aromatic N) is 5. The Bertz CT molecular complexity index is 767. The molecule has 1 N–H and O–H groups in total. The molecule has 1 aromatic carbocycles. The summed E-state index contributed by atoms with van der Waals surface area (Å²) in [6.45, 7) is 1.23. The van der Waals surface area contributed by atoms with Gasteiger partial charge in [-0.2, -0.15) is 13.2 Å². The van der Waals surface area contributed by atoms with Gasteiger partial charge in [-0.05, 0) is 42.7 Å². The maximum absolute atomic E-state index is 13.0. The average Bonchev–Trinajstić information content (AvgIpc) is 2.99. The molecular formula is C14H16ClF3N6OS. The molecule has 2 aromatic rings. The van der Waals surface area contributed by atoms with E-state index >= 15 is 0 Å². The molecule has 0 fully saturated rings. The lowest BCUT2D eigenvalue weighted by molar-refractivity contribution is -0.137. The predicted octanol–water partition coefficient (Wildman–Crippen LogP) is 2.64. The third-order valence-corrected chi connectivity index (χ3v) is 4.34. The van der Waals surface area contributed by atoms with Crippen molar-refractivity contribution in [2.75, 3.05) is 31.7 Å². The first-order chi connectivity index (χ1) is 12.2. The Morgan fingerprint density at radius 3 is 2.77 bits per heavy atom. The van der Waals surface area contributed by atoms with E-state index in [1.54, 1.807) is 0 Å². The smallest absolute Gasteiger partial charge is 0.325 e. The summed E-state index contributed by atoms with van der Waals surface area (Å²) in [5, 5.41) is 13.8. The van der Waals surface area contributed by atoms with Crippen LogP contribution < -0.4 is 5.32 Å². The van der Waals surface area contributed by atoms with Crippen molar-refractivity contribution >= 4 is 35.0 Å². The number of thioether (sulfide) groups is 1. The summed E-state index contributed by atoms with van der Waals surface area (Å²) in [7, 11) is 3.80. The number of carbonyl (C=O) groups is 1. The zero-order chi connectivity index (χ0) is 19.3. The lowest BCUT2D eigenvalue weighted by atomic mass is 10.1. The van der Waals surface area contributed by atoms with E-state index < -0.39 is 17.6 Å². The summed E-state index contributed by atoms with van der Waals surface area (Å²) in [6, 6.07) is 3.17. The number of nitrogens with one attached hydrogen (secondary N) is 1. The summed E-state index contributed by atoms with van der Waals surface area (Å²) < 4.78 is 40.7. The van der Waals surface area contributed by atoms with Crippen LogP contribution in [0.15, 0.2) is 23.4 Å². The van der Waals surface area contributed by atoms with E-state index in [-0.39, 0.29) is 16.5 Å². The van der Waals surface area contributed by atoms with Crippen LogP contribution in [-0.2, 0) is 17.5 Å². The molecule has 26 heavy (non-hydrogen) atoms. The quantitative estimate of drug-likeness (QED) is 0.710. The Labute approximate surface area is 156 Å². The number of rotatable bonds is 7. The second-order valence-corrected chi connectivity index (χ2v) is 6.89. The fraction of sp³-hybridized carbons (Fsp3) is 0.429. The van der Waals surface area contributed by atoms with E-state index in [2.05, 4.69) is 20.8 Å². The number of benzene rings is 1. The van der Waals surface area contributed by atoms with Gasteiger partial charge in [0.2, 0.25) is 11.1 Å². The normalized spacial score (nSPS) is 11.8. The van der Waals surface area contributed by atoms with E-state index in [0.717, 1.165) is 23.9 Å². The number of anilines is 1. The zero-order valence-corrected chi connectivity index (χ0v) is 15.5. The number of aromatic nitrogens is 4. The molecule has 2 rings (SSSR count). The van der Waals surface area contributed by atoms with E-state index in [1.807, 2.05) is 19.0 Å². The first kappa shape index (κ1) is 20.5. The van der Waals surface area contributed by atoms with E-state index in [4.69, 9.17) is 11.6 Å². The van der Waals surface area contributed by atoms with Crippen molar-refractivity contribution in [1.29, 1.82) is 0 Å². The van der Waals surface area contributed by atoms with Crippen LogP contribution in [0, 0.1) is 0 Å².